The zero-order chi connectivity index (χ0) is 13.2. The number of nitrogens with zero attached hydrogens (tertiary/aromatic N) is 1. The molecular formula is C17H23NO. The Balaban J connectivity index is 1.70. The van der Waals surface area contributed by atoms with Gasteiger partial charge in [0.2, 0.25) is 0 Å². The van der Waals surface area contributed by atoms with E-state index in [1.54, 1.807) is 7.11 Å². The zero-order valence-electron chi connectivity index (χ0n) is 11.9. The van der Waals surface area contributed by atoms with Gasteiger partial charge in [-0.1, -0.05) is 30.4 Å². The predicted molar refractivity (Wildman–Crippen MR) is 79.3 cm³/mol. The molecule has 1 aromatic carbocycles. The van der Waals surface area contributed by atoms with Gasteiger partial charge in [0, 0.05) is 17.6 Å². The summed E-state index contributed by atoms with van der Waals surface area (Å²) in [5, 5.41) is 0. The Hall–Kier alpha value is -1.28. The summed E-state index contributed by atoms with van der Waals surface area (Å²) >= 11 is 0. The number of hydrogen-bond acceptors (Lipinski definition) is 2. The Labute approximate surface area is 116 Å². The lowest BCUT2D eigenvalue weighted by Crippen LogP contribution is -2.39. The summed E-state index contributed by atoms with van der Waals surface area (Å²) in [7, 11) is 4.03. The largest absolute Gasteiger partial charge is 0.496 e. The van der Waals surface area contributed by atoms with Crippen LogP contribution in [0.1, 0.15) is 31.2 Å². The standard InChI is InChI=1S/C17H23NO/c1-18-15-9-10-16(18)12-13(11-15)7-8-14-5-3-4-6-17(14)19-2/h3-8,13,15-16H,9-12H2,1-2H3/b8-7+. The van der Waals surface area contributed by atoms with Gasteiger partial charge >= 0.3 is 0 Å². The van der Waals surface area contributed by atoms with Crippen molar-refractivity contribution in [1.82, 2.24) is 4.90 Å². The van der Waals surface area contributed by atoms with Crippen LogP contribution in [0.5, 0.6) is 5.75 Å². The molecule has 0 amide bonds. The molecule has 0 N–H and O–H groups in total. The molecule has 2 heterocycles. The monoisotopic (exact) mass is 257 g/mol. The Morgan fingerprint density at radius 1 is 1.16 bits per heavy atom. The van der Waals surface area contributed by atoms with Crippen LogP contribution in [0.15, 0.2) is 30.3 Å². The topological polar surface area (TPSA) is 12.5 Å². The van der Waals surface area contributed by atoms with Crippen molar-refractivity contribution in [2.45, 2.75) is 37.8 Å². The molecule has 3 rings (SSSR count). The van der Waals surface area contributed by atoms with E-state index in [2.05, 4.69) is 36.2 Å². The highest BCUT2D eigenvalue weighted by Crippen LogP contribution is 2.38. The minimum atomic E-state index is 0.735. The number of fused-ring (bicyclic) bond motifs is 2. The van der Waals surface area contributed by atoms with Gasteiger partial charge in [0.15, 0.2) is 0 Å². The van der Waals surface area contributed by atoms with Crippen molar-refractivity contribution in [1.29, 1.82) is 0 Å². The van der Waals surface area contributed by atoms with Crippen molar-refractivity contribution in [3.63, 3.8) is 0 Å². The van der Waals surface area contributed by atoms with Crippen LogP contribution in [0.3, 0.4) is 0 Å². The fourth-order valence-electron chi connectivity index (χ4n) is 3.65. The van der Waals surface area contributed by atoms with E-state index in [9.17, 15) is 0 Å². The number of para-hydroxylation sites is 1. The van der Waals surface area contributed by atoms with Crippen LogP contribution < -0.4 is 4.74 Å². The Bertz CT molecular complexity index is 454. The van der Waals surface area contributed by atoms with Crippen LogP contribution in [-0.2, 0) is 0 Å². The van der Waals surface area contributed by atoms with Gasteiger partial charge in [0.1, 0.15) is 5.75 Å². The summed E-state index contributed by atoms with van der Waals surface area (Å²) in [6.07, 6.45) is 10.1. The van der Waals surface area contributed by atoms with Gasteiger partial charge in [-0.2, -0.15) is 0 Å². The molecule has 102 valence electrons. The molecule has 2 bridgehead atoms. The number of piperidine rings is 1. The number of rotatable bonds is 3. The van der Waals surface area contributed by atoms with Gasteiger partial charge in [0.05, 0.1) is 7.11 Å². The van der Waals surface area contributed by atoms with Gasteiger partial charge in [-0.15, -0.1) is 0 Å². The lowest BCUT2D eigenvalue weighted by Gasteiger charge is -2.35. The number of benzene rings is 1. The second-order valence-corrected chi connectivity index (χ2v) is 5.88. The van der Waals surface area contributed by atoms with E-state index < -0.39 is 0 Å². The van der Waals surface area contributed by atoms with Crippen LogP contribution >= 0.6 is 0 Å². The van der Waals surface area contributed by atoms with Gasteiger partial charge in [-0.05, 0) is 44.7 Å². The Morgan fingerprint density at radius 2 is 1.84 bits per heavy atom. The molecule has 2 aliphatic heterocycles. The minimum Gasteiger partial charge on any atom is -0.496 e. The third kappa shape index (κ3) is 2.55. The quantitative estimate of drug-likeness (QED) is 0.820. The highest BCUT2D eigenvalue weighted by Gasteiger charge is 2.37. The van der Waals surface area contributed by atoms with Crippen molar-refractivity contribution in [2.75, 3.05) is 14.2 Å². The van der Waals surface area contributed by atoms with Gasteiger partial charge in [0.25, 0.3) is 0 Å². The maximum absolute atomic E-state index is 5.40. The highest BCUT2D eigenvalue weighted by molar-refractivity contribution is 5.57. The average molecular weight is 257 g/mol. The summed E-state index contributed by atoms with van der Waals surface area (Å²) in [4.78, 5) is 2.59. The molecule has 0 spiro atoms. The molecule has 2 saturated heterocycles. The number of hydrogen-bond donors (Lipinski definition) is 0. The molecule has 19 heavy (non-hydrogen) atoms. The summed E-state index contributed by atoms with van der Waals surface area (Å²) < 4.78 is 5.40. The number of allylic oxidation sites excluding steroid dienone is 1. The van der Waals surface area contributed by atoms with Crippen LogP contribution in [0.4, 0.5) is 0 Å². The first-order valence-electron chi connectivity index (χ1n) is 7.31. The number of methoxy groups -OCH3 is 1. The third-order valence-electron chi connectivity index (χ3n) is 4.82. The predicted octanol–water partition coefficient (Wildman–Crippen LogP) is 3.58. The van der Waals surface area contributed by atoms with E-state index in [4.69, 9.17) is 4.74 Å². The van der Waals surface area contributed by atoms with Crippen LogP contribution in [-0.4, -0.2) is 31.1 Å². The maximum Gasteiger partial charge on any atom is 0.126 e. The molecule has 2 aliphatic rings. The zero-order valence-corrected chi connectivity index (χ0v) is 11.9. The summed E-state index contributed by atoms with van der Waals surface area (Å²) in [5.41, 5.74) is 1.19. The molecule has 2 fully saturated rings. The molecule has 2 unspecified atom stereocenters. The van der Waals surface area contributed by atoms with Gasteiger partial charge in [-0.25, -0.2) is 0 Å². The molecule has 2 atom stereocenters. The second kappa shape index (κ2) is 5.38. The molecule has 2 heteroatoms. The van der Waals surface area contributed by atoms with Crippen LogP contribution in [0, 0.1) is 5.92 Å². The first-order valence-corrected chi connectivity index (χ1v) is 7.31. The van der Waals surface area contributed by atoms with E-state index >= 15 is 0 Å². The van der Waals surface area contributed by atoms with Crippen molar-refractivity contribution < 1.29 is 4.74 Å². The van der Waals surface area contributed by atoms with E-state index in [0.29, 0.717) is 0 Å². The third-order valence-corrected chi connectivity index (χ3v) is 4.82. The Morgan fingerprint density at radius 3 is 2.53 bits per heavy atom. The van der Waals surface area contributed by atoms with Crippen molar-refractivity contribution >= 4 is 6.08 Å². The normalized spacial score (nSPS) is 30.9. The first-order chi connectivity index (χ1) is 9.28. The smallest absolute Gasteiger partial charge is 0.126 e. The van der Waals surface area contributed by atoms with Gasteiger partial charge in [-0.3, -0.25) is 0 Å². The Kier molecular flexibility index (Phi) is 3.61. The maximum atomic E-state index is 5.40. The second-order valence-electron chi connectivity index (χ2n) is 5.88. The highest BCUT2D eigenvalue weighted by atomic mass is 16.5. The summed E-state index contributed by atoms with van der Waals surface area (Å²) in [6, 6.07) is 9.86. The fraction of sp³-hybridized carbons (Fsp3) is 0.529. The van der Waals surface area contributed by atoms with Crippen molar-refractivity contribution in [2.24, 2.45) is 5.92 Å². The number of ether oxygens (including phenoxy) is 1. The molecule has 1 aromatic rings. The minimum absolute atomic E-state index is 0.735. The van der Waals surface area contributed by atoms with E-state index in [1.165, 1.54) is 31.2 Å². The molecule has 0 saturated carbocycles. The first kappa shape index (κ1) is 12.7. The SMILES string of the molecule is COc1ccccc1/C=C/C1CC2CCC(C1)N2C. The molecule has 2 nitrogen and oxygen atoms in total. The molecular weight excluding hydrogens is 234 g/mol. The van der Waals surface area contributed by atoms with Crippen molar-refractivity contribution in [3.8, 4) is 5.75 Å². The lowest BCUT2D eigenvalue weighted by atomic mass is 9.90. The van der Waals surface area contributed by atoms with Crippen LogP contribution in [0.2, 0.25) is 0 Å². The van der Waals surface area contributed by atoms with Crippen molar-refractivity contribution in [3.05, 3.63) is 35.9 Å². The van der Waals surface area contributed by atoms with E-state index in [-0.39, 0.29) is 0 Å². The van der Waals surface area contributed by atoms with Crippen LogP contribution in [0.25, 0.3) is 6.08 Å². The fourth-order valence-corrected chi connectivity index (χ4v) is 3.65. The molecule has 0 aromatic heterocycles. The molecule has 0 radical (unpaired) electrons. The molecule has 0 aliphatic carbocycles. The van der Waals surface area contributed by atoms with E-state index in [1.807, 2.05) is 12.1 Å². The average Bonchev–Trinajstić information content (AvgIpc) is 2.67. The summed E-state index contributed by atoms with van der Waals surface area (Å²) in [6.45, 7) is 0. The lowest BCUT2D eigenvalue weighted by molar-refractivity contribution is 0.152. The van der Waals surface area contributed by atoms with E-state index in [0.717, 1.165) is 23.8 Å². The summed E-state index contributed by atoms with van der Waals surface area (Å²) in [5.74, 6) is 1.70. The van der Waals surface area contributed by atoms with Gasteiger partial charge < -0.3 is 9.64 Å².